The van der Waals surface area contributed by atoms with Gasteiger partial charge in [-0.3, -0.25) is 9.89 Å². The molecule has 1 heterocycles. The number of benzene rings is 1. The third-order valence-electron chi connectivity index (χ3n) is 5.49. The Morgan fingerprint density at radius 3 is 2.83 bits per heavy atom. The molecule has 0 saturated carbocycles. The lowest BCUT2D eigenvalue weighted by Gasteiger charge is -2.15. The van der Waals surface area contributed by atoms with Crippen LogP contribution in [0.2, 0.25) is 0 Å². The minimum Gasteiger partial charge on any atom is -0.344 e. The van der Waals surface area contributed by atoms with Crippen molar-refractivity contribution >= 4 is 5.91 Å². The Kier molecular flexibility index (Phi) is 4.13. The number of hydrogen-bond acceptors (Lipinski definition) is 2. The van der Waals surface area contributed by atoms with Gasteiger partial charge in [0.15, 0.2) is 5.69 Å². The van der Waals surface area contributed by atoms with Gasteiger partial charge in [-0.25, -0.2) is 0 Å². The first-order chi connectivity index (χ1) is 11.7. The molecule has 4 rings (SSSR count). The van der Waals surface area contributed by atoms with E-state index in [4.69, 9.17) is 0 Å². The number of aromatic amines is 1. The molecular formula is C20H25N3O. The smallest absolute Gasteiger partial charge is 0.272 e. The van der Waals surface area contributed by atoms with E-state index in [1.165, 1.54) is 42.4 Å². The van der Waals surface area contributed by atoms with Crippen LogP contribution < -0.4 is 5.32 Å². The standard InChI is InChI=1S/C20H25N3O/c1-13(15-11-10-14-6-5-7-16(14)12-15)21-20(24)19-17-8-3-2-4-9-18(17)22-23-19/h10-13H,2-9H2,1H3,(H,21,24)(H,22,23)/t13-/m0/s1. The molecule has 2 aliphatic rings. The predicted octanol–water partition coefficient (Wildman–Crippen LogP) is 3.66. The van der Waals surface area contributed by atoms with Gasteiger partial charge in [0.2, 0.25) is 0 Å². The molecule has 0 spiro atoms. The molecule has 0 unspecified atom stereocenters. The van der Waals surface area contributed by atoms with Gasteiger partial charge in [0, 0.05) is 11.3 Å². The molecule has 2 aromatic rings. The van der Waals surface area contributed by atoms with Gasteiger partial charge in [0.05, 0.1) is 6.04 Å². The van der Waals surface area contributed by atoms with Gasteiger partial charge in [0.25, 0.3) is 5.91 Å². The Bertz CT molecular complexity index is 762. The minimum atomic E-state index is -0.0533. The third-order valence-corrected chi connectivity index (χ3v) is 5.49. The first-order valence-corrected chi connectivity index (χ1v) is 9.21. The lowest BCUT2D eigenvalue weighted by atomic mass is 10.0. The average Bonchev–Trinajstić information content (AvgIpc) is 3.15. The number of amides is 1. The molecule has 1 aromatic carbocycles. The number of carbonyl (C=O) groups excluding carboxylic acids is 1. The van der Waals surface area contributed by atoms with Crippen molar-refractivity contribution in [1.82, 2.24) is 15.5 Å². The predicted molar refractivity (Wildman–Crippen MR) is 94.2 cm³/mol. The largest absolute Gasteiger partial charge is 0.344 e. The maximum atomic E-state index is 12.7. The zero-order valence-electron chi connectivity index (χ0n) is 14.3. The van der Waals surface area contributed by atoms with E-state index < -0.39 is 0 Å². The number of carbonyl (C=O) groups is 1. The Balaban J connectivity index is 1.51. The summed E-state index contributed by atoms with van der Waals surface area (Å²) in [5.74, 6) is -0.0533. The summed E-state index contributed by atoms with van der Waals surface area (Å²) < 4.78 is 0. The maximum Gasteiger partial charge on any atom is 0.272 e. The fourth-order valence-electron chi connectivity index (χ4n) is 4.05. The number of aryl methyl sites for hydroxylation is 3. The third kappa shape index (κ3) is 2.85. The zero-order chi connectivity index (χ0) is 16.5. The molecule has 0 aliphatic heterocycles. The fraction of sp³-hybridized carbons (Fsp3) is 0.500. The van der Waals surface area contributed by atoms with E-state index in [9.17, 15) is 4.79 Å². The van der Waals surface area contributed by atoms with Crippen LogP contribution >= 0.6 is 0 Å². The maximum absolute atomic E-state index is 12.7. The van der Waals surface area contributed by atoms with Crippen molar-refractivity contribution in [3.8, 4) is 0 Å². The van der Waals surface area contributed by atoms with Crippen molar-refractivity contribution in [3.05, 3.63) is 51.8 Å². The summed E-state index contributed by atoms with van der Waals surface area (Å²) >= 11 is 0. The van der Waals surface area contributed by atoms with E-state index in [0.717, 1.165) is 36.9 Å². The van der Waals surface area contributed by atoms with Crippen molar-refractivity contribution < 1.29 is 4.79 Å². The van der Waals surface area contributed by atoms with E-state index in [2.05, 4.69) is 40.6 Å². The highest BCUT2D eigenvalue weighted by Crippen LogP contribution is 2.26. The fourth-order valence-corrected chi connectivity index (χ4v) is 4.05. The van der Waals surface area contributed by atoms with Gasteiger partial charge >= 0.3 is 0 Å². The highest BCUT2D eigenvalue weighted by Gasteiger charge is 2.22. The Hall–Kier alpha value is -2.10. The number of nitrogens with one attached hydrogen (secondary N) is 2. The van der Waals surface area contributed by atoms with Crippen LogP contribution in [0.15, 0.2) is 18.2 Å². The van der Waals surface area contributed by atoms with Gasteiger partial charge in [-0.15, -0.1) is 0 Å². The SMILES string of the molecule is C[C@H](NC(=O)c1n[nH]c2c1CCCCC2)c1ccc2c(c1)CCC2. The zero-order valence-corrected chi connectivity index (χ0v) is 14.3. The van der Waals surface area contributed by atoms with Crippen LogP contribution in [0.25, 0.3) is 0 Å². The molecule has 0 saturated heterocycles. The Morgan fingerprint density at radius 2 is 1.92 bits per heavy atom. The van der Waals surface area contributed by atoms with Crippen molar-refractivity contribution in [1.29, 1.82) is 0 Å². The average molecular weight is 323 g/mol. The normalized spacial score (nSPS) is 17.7. The highest BCUT2D eigenvalue weighted by molar-refractivity contribution is 5.94. The van der Waals surface area contributed by atoms with Gasteiger partial charge in [-0.05, 0) is 68.6 Å². The summed E-state index contributed by atoms with van der Waals surface area (Å²) in [5.41, 5.74) is 6.98. The van der Waals surface area contributed by atoms with Gasteiger partial charge in [-0.1, -0.05) is 24.6 Å². The van der Waals surface area contributed by atoms with Crippen LogP contribution in [0.4, 0.5) is 0 Å². The van der Waals surface area contributed by atoms with Crippen LogP contribution in [-0.4, -0.2) is 16.1 Å². The topological polar surface area (TPSA) is 57.8 Å². The molecule has 1 aromatic heterocycles. The van der Waals surface area contributed by atoms with Crippen molar-refractivity contribution in [2.75, 3.05) is 0 Å². The first kappa shape index (κ1) is 15.4. The molecule has 2 aliphatic carbocycles. The molecule has 1 atom stereocenters. The summed E-state index contributed by atoms with van der Waals surface area (Å²) in [6.07, 6.45) is 9.13. The highest BCUT2D eigenvalue weighted by atomic mass is 16.2. The number of fused-ring (bicyclic) bond motifs is 2. The summed E-state index contributed by atoms with van der Waals surface area (Å²) in [4.78, 5) is 12.7. The number of nitrogens with zero attached hydrogens (tertiary/aromatic N) is 1. The van der Waals surface area contributed by atoms with Gasteiger partial charge in [0.1, 0.15) is 0 Å². The van der Waals surface area contributed by atoms with E-state index in [0.29, 0.717) is 5.69 Å². The van der Waals surface area contributed by atoms with E-state index in [1.807, 2.05) is 0 Å². The molecular weight excluding hydrogens is 298 g/mol. The summed E-state index contributed by atoms with van der Waals surface area (Å²) in [6.45, 7) is 2.06. The number of hydrogen-bond donors (Lipinski definition) is 2. The lowest BCUT2D eigenvalue weighted by Crippen LogP contribution is -2.28. The van der Waals surface area contributed by atoms with Crippen molar-refractivity contribution in [2.45, 2.75) is 64.3 Å². The molecule has 0 fully saturated rings. The Morgan fingerprint density at radius 1 is 1.08 bits per heavy atom. The molecule has 1 amide bonds. The molecule has 0 radical (unpaired) electrons. The molecule has 126 valence electrons. The number of rotatable bonds is 3. The van der Waals surface area contributed by atoms with Crippen LogP contribution in [-0.2, 0) is 25.7 Å². The molecule has 24 heavy (non-hydrogen) atoms. The second kappa shape index (κ2) is 6.42. The molecule has 2 N–H and O–H groups in total. The number of aromatic nitrogens is 2. The molecule has 0 bridgehead atoms. The number of H-pyrrole nitrogens is 1. The summed E-state index contributed by atoms with van der Waals surface area (Å²) in [5, 5.41) is 10.5. The second-order valence-corrected chi connectivity index (χ2v) is 7.17. The van der Waals surface area contributed by atoms with Crippen LogP contribution in [0.3, 0.4) is 0 Å². The lowest BCUT2D eigenvalue weighted by molar-refractivity contribution is 0.0934. The monoisotopic (exact) mass is 323 g/mol. The summed E-state index contributed by atoms with van der Waals surface area (Å²) in [7, 11) is 0. The van der Waals surface area contributed by atoms with E-state index >= 15 is 0 Å². The van der Waals surface area contributed by atoms with Crippen molar-refractivity contribution in [3.63, 3.8) is 0 Å². The van der Waals surface area contributed by atoms with E-state index in [-0.39, 0.29) is 11.9 Å². The minimum absolute atomic E-state index is 0.00141. The van der Waals surface area contributed by atoms with Gasteiger partial charge in [-0.2, -0.15) is 5.10 Å². The van der Waals surface area contributed by atoms with Gasteiger partial charge < -0.3 is 5.32 Å². The second-order valence-electron chi connectivity index (χ2n) is 7.17. The quantitative estimate of drug-likeness (QED) is 0.847. The van der Waals surface area contributed by atoms with Crippen LogP contribution in [0.5, 0.6) is 0 Å². The Labute approximate surface area is 143 Å². The summed E-state index contributed by atoms with van der Waals surface area (Å²) in [6, 6.07) is 6.64. The molecule has 4 heteroatoms. The van der Waals surface area contributed by atoms with Crippen LogP contribution in [0.1, 0.15) is 77.1 Å². The molecule has 4 nitrogen and oxygen atoms in total. The first-order valence-electron chi connectivity index (χ1n) is 9.21. The van der Waals surface area contributed by atoms with Crippen molar-refractivity contribution in [2.24, 2.45) is 0 Å². The van der Waals surface area contributed by atoms with Crippen LogP contribution in [0, 0.1) is 0 Å². The van der Waals surface area contributed by atoms with E-state index in [1.54, 1.807) is 0 Å².